The normalized spacial score (nSPS) is 11.2. The molecule has 0 fully saturated rings. The smallest absolute Gasteiger partial charge is 0.136 e. The van der Waals surface area contributed by atoms with Crippen LogP contribution in [0.3, 0.4) is 0 Å². The van der Waals surface area contributed by atoms with Crippen molar-refractivity contribution in [1.82, 2.24) is 10.3 Å². The van der Waals surface area contributed by atoms with Gasteiger partial charge in [-0.1, -0.05) is 45.0 Å². The second kappa shape index (κ2) is 6.71. The van der Waals surface area contributed by atoms with Crippen LogP contribution in [-0.4, -0.2) is 24.6 Å². The topological polar surface area (TPSA) is 28.2 Å². The van der Waals surface area contributed by atoms with E-state index >= 15 is 0 Å². The van der Waals surface area contributed by atoms with Crippen LogP contribution >= 0.6 is 0 Å². The lowest BCUT2D eigenvalue weighted by atomic mass is 10.1. The van der Waals surface area contributed by atoms with Gasteiger partial charge in [0.2, 0.25) is 0 Å². The molecule has 0 aliphatic rings. The average Bonchev–Trinajstić information content (AvgIpc) is 2.44. The van der Waals surface area contributed by atoms with Crippen LogP contribution in [0.1, 0.15) is 32.9 Å². The van der Waals surface area contributed by atoms with Crippen molar-refractivity contribution < 1.29 is 0 Å². The van der Waals surface area contributed by atoms with E-state index in [4.69, 9.17) is 4.98 Å². The first kappa shape index (κ1) is 14.8. The Morgan fingerprint density at radius 3 is 2.70 bits per heavy atom. The number of hydrogen-bond donors (Lipinski definition) is 1. The number of anilines is 1. The summed E-state index contributed by atoms with van der Waals surface area (Å²) in [5.41, 5.74) is 1.11. The van der Waals surface area contributed by atoms with Gasteiger partial charge in [-0.2, -0.15) is 0 Å². The Balaban J connectivity index is 2.41. The summed E-state index contributed by atoms with van der Waals surface area (Å²) in [5, 5.41) is 5.94. The first-order chi connectivity index (χ1) is 9.61. The molecule has 1 N–H and O–H groups in total. The number of nitrogens with one attached hydrogen (secondary N) is 1. The van der Waals surface area contributed by atoms with Crippen molar-refractivity contribution in [2.24, 2.45) is 0 Å². The quantitative estimate of drug-likeness (QED) is 0.870. The minimum atomic E-state index is 0.472. The van der Waals surface area contributed by atoms with E-state index in [1.807, 2.05) is 0 Å². The molecule has 0 aliphatic heterocycles. The van der Waals surface area contributed by atoms with E-state index < -0.39 is 0 Å². The monoisotopic (exact) mass is 271 g/mol. The molecule has 0 unspecified atom stereocenters. The largest absolute Gasteiger partial charge is 0.359 e. The summed E-state index contributed by atoms with van der Waals surface area (Å²) in [6, 6.07) is 11.2. The van der Waals surface area contributed by atoms with E-state index in [1.165, 1.54) is 10.8 Å². The Kier molecular flexibility index (Phi) is 4.96. The van der Waals surface area contributed by atoms with Gasteiger partial charge in [-0.3, -0.25) is 0 Å². The molecular formula is C17H25N3. The Morgan fingerprint density at radius 1 is 1.25 bits per heavy atom. The molecule has 0 aliphatic carbocycles. The fraction of sp³-hybridized carbons (Fsp3) is 0.471. The number of pyridine rings is 1. The molecule has 0 radical (unpaired) electrons. The van der Waals surface area contributed by atoms with E-state index in [0.717, 1.165) is 31.0 Å². The third-order valence-corrected chi connectivity index (χ3v) is 3.39. The van der Waals surface area contributed by atoms with Crippen LogP contribution < -0.4 is 10.2 Å². The third kappa shape index (κ3) is 3.48. The SMILES string of the molecule is CCCN(C)c1nc(CNC(C)C)cc2ccccc12. The van der Waals surface area contributed by atoms with Crippen molar-refractivity contribution >= 4 is 16.6 Å². The molecule has 108 valence electrons. The maximum atomic E-state index is 4.85. The predicted octanol–water partition coefficient (Wildman–Crippen LogP) is 3.58. The predicted molar refractivity (Wildman–Crippen MR) is 87.3 cm³/mol. The second-order valence-electron chi connectivity index (χ2n) is 5.62. The van der Waals surface area contributed by atoms with Crippen LogP contribution in [0.5, 0.6) is 0 Å². The van der Waals surface area contributed by atoms with E-state index in [9.17, 15) is 0 Å². The first-order valence-electron chi connectivity index (χ1n) is 7.45. The Labute approximate surface area is 122 Å². The molecule has 1 heterocycles. The number of benzene rings is 1. The van der Waals surface area contributed by atoms with Crippen molar-refractivity contribution in [3.63, 3.8) is 0 Å². The minimum Gasteiger partial charge on any atom is -0.359 e. The van der Waals surface area contributed by atoms with Gasteiger partial charge in [-0.05, 0) is 17.9 Å². The average molecular weight is 271 g/mol. The van der Waals surface area contributed by atoms with Crippen LogP contribution in [0.25, 0.3) is 10.8 Å². The highest BCUT2D eigenvalue weighted by atomic mass is 15.2. The minimum absolute atomic E-state index is 0.472. The van der Waals surface area contributed by atoms with Gasteiger partial charge in [0.25, 0.3) is 0 Å². The molecule has 20 heavy (non-hydrogen) atoms. The second-order valence-corrected chi connectivity index (χ2v) is 5.62. The maximum absolute atomic E-state index is 4.85. The van der Waals surface area contributed by atoms with Crippen LogP contribution in [0.4, 0.5) is 5.82 Å². The third-order valence-electron chi connectivity index (χ3n) is 3.39. The molecular weight excluding hydrogens is 246 g/mol. The molecule has 0 saturated heterocycles. The summed E-state index contributed by atoms with van der Waals surface area (Å²) < 4.78 is 0. The molecule has 0 bridgehead atoms. The summed E-state index contributed by atoms with van der Waals surface area (Å²) >= 11 is 0. The molecule has 2 rings (SSSR count). The summed E-state index contributed by atoms with van der Waals surface area (Å²) in [5.74, 6) is 1.09. The van der Waals surface area contributed by atoms with E-state index in [2.05, 4.69) is 68.4 Å². The highest BCUT2D eigenvalue weighted by Crippen LogP contribution is 2.25. The standard InChI is InChI=1S/C17H25N3/c1-5-10-20(4)17-16-9-7-6-8-14(16)11-15(19-17)12-18-13(2)3/h6-9,11,13,18H,5,10,12H2,1-4H3. The summed E-state index contributed by atoms with van der Waals surface area (Å²) in [6.07, 6.45) is 1.13. The van der Waals surface area contributed by atoms with Gasteiger partial charge in [0.05, 0.1) is 5.69 Å². The molecule has 0 saturated carbocycles. The number of nitrogens with zero attached hydrogens (tertiary/aromatic N) is 2. The summed E-state index contributed by atoms with van der Waals surface area (Å²) in [7, 11) is 2.12. The number of rotatable bonds is 6. The number of hydrogen-bond acceptors (Lipinski definition) is 3. The molecule has 2 aromatic rings. The molecule has 0 amide bonds. The molecule has 0 spiro atoms. The van der Waals surface area contributed by atoms with Crippen molar-refractivity contribution in [1.29, 1.82) is 0 Å². The molecule has 1 aromatic carbocycles. The van der Waals surface area contributed by atoms with Gasteiger partial charge in [0, 0.05) is 31.6 Å². The molecule has 3 nitrogen and oxygen atoms in total. The molecule has 1 aromatic heterocycles. The fourth-order valence-electron chi connectivity index (χ4n) is 2.37. The Morgan fingerprint density at radius 2 is 2.00 bits per heavy atom. The van der Waals surface area contributed by atoms with Crippen molar-refractivity contribution in [2.75, 3.05) is 18.5 Å². The zero-order valence-electron chi connectivity index (χ0n) is 13.0. The van der Waals surface area contributed by atoms with E-state index in [0.29, 0.717) is 6.04 Å². The van der Waals surface area contributed by atoms with Crippen LogP contribution in [0.15, 0.2) is 30.3 Å². The Hall–Kier alpha value is -1.61. The number of fused-ring (bicyclic) bond motifs is 1. The zero-order chi connectivity index (χ0) is 14.5. The zero-order valence-corrected chi connectivity index (χ0v) is 13.0. The van der Waals surface area contributed by atoms with E-state index in [1.54, 1.807) is 0 Å². The summed E-state index contributed by atoms with van der Waals surface area (Å²) in [6.45, 7) is 8.35. The van der Waals surface area contributed by atoms with Crippen molar-refractivity contribution in [2.45, 2.75) is 39.8 Å². The van der Waals surface area contributed by atoms with Gasteiger partial charge >= 0.3 is 0 Å². The summed E-state index contributed by atoms with van der Waals surface area (Å²) in [4.78, 5) is 7.11. The lowest BCUT2D eigenvalue weighted by molar-refractivity contribution is 0.581. The maximum Gasteiger partial charge on any atom is 0.136 e. The van der Waals surface area contributed by atoms with Crippen LogP contribution in [0, 0.1) is 0 Å². The highest BCUT2D eigenvalue weighted by molar-refractivity contribution is 5.92. The van der Waals surface area contributed by atoms with Gasteiger partial charge in [-0.15, -0.1) is 0 Å². The Bertz CT molecular complexity index is 563. The molecule has 0 atom stereocenters. The van der Waals surface area contributed by atoms with Crippen molar-refractivity contribution in [3.8, 4) is 0 Å². The van der Waals surface area contributed by atoms with Crippen LogP contribution in [-0.2, 0) is 6.54 Å². The fourth-order valence-corrected chi connectivity index (χ4v) is 2.37. The van der Waals surface area contributed by atoms with E-state index in [-0.39, 0.29) is 0 Å². The van der Waals surface area contributed by atoms with Gasteiger partial charge in [0.15, 0.2) is 0 Å². The number of aromatic nitrogens is 1. The highest BCUT2D eigenvalue weighted by Gasteiger charge is 2.09. The van der Waals surface area contributed by atoms with Crippen molar-refractivity contribution in [3.05, 3.63) is 36.0 Å². The first-order valence-corrected chi connectivity index (χ1v) is 7.45. The lowest BCUT2D eigenvalue weighted by Crippen LogP contribution is -2.24. The van der Waals surface area contributed by atoms with Gasteiger partial charge in [-0.25, -0.2) is 4.98 Å². The van der Waals surface area contributed by atoms with Gasteiger partial charge in [0.1, 0.15) is 5.82 Å². The van der Waals surface area contributed by atoms with Crippen LogP contribution in [0.2, 0.25) is 0 Å². The lowest BCUT2D eigenvalue weighted by Gasteiger charge is -2.20. The molecule has 3 heteroatoms. The van der Waals surface area contributed by atoms with Gasteiger partial charge < -0.3 is 10.2 Å².